The fourth-order valence-corrected chi connectivity index (χ4v) is 2.82. The minimum absolute atomic E-state index is 0.232. The lowest BCUT2D eigenvalue weighted by atomic mass is 10.0. The normalized spacial score (nSPS) is 16.5. The Hall–Kier alpha value is -2.02. The van der Waals surface area contributed by atoms with E-state index in [-0.39, 0.29) is 5.92 Å². The highest BCUT2D eigenvalue weighted by Crippen LogP contribution is 2.37. The Morgan fingerprint density at radius 3 is 2.62 bits per heavy atom. The molecule has 144 valence electrons. The number of alkyl halides is 3. The number of hydrogen-bond acceptors (Lipinski definition) is 4. The number of anilines is 1. The largest absolute Gasteiger partial charge is 0.419 e. The van der Waals surface area contributed by atoms with Crippen LogP contribution in [0.25, 0.3) is 5.57 Å². The number of aliphatic hydroxyl groups is 1. The molecule has 1 saturated carbocycles. The minimum Gasteiger partial charge on any atom is -0.387 e. The zero-order valence-electron chi connectivity index (χ0n) is 15.2. The molecule has 1 aliphatic rings. The van der Waals surface area contributed by atoms with E-state index in [0.717, 1.165) is 25.3 Å². The number of nitrogens with two attached hydrogens (primary N) is 1. The molecule has 1 atom stereocenters. The van der Waals surface area contributed by atoms with Crippen LogP contribution >= 0.6 is 0 Å². The van der Waals surface area contributed by atoms with Crippen molar-refractivity contribution in [1.29, 1.82) is 0 Å². The second-order valence-electron chi connectivity index (χ2n) is 6.63. The van der Waals surface area contributed by atoms with Gasteiger partial charge in [-0.05, 0) is 48.8 Å². The minimum atomic E-state index is -4.55. The smallest absolute Gasteiger partial charge is 0.387 e. The molecule has 7 heteroatoms. The highest BCUT2D eigenvalue weighted by molar-refractivity contribution is 5.67. The summed E-state index contributed by atoms with van der Waals surface area (Å²) < 4.78 is 39.3. The molecule has 4 nitrogen and oxygen atoms in total. The average molecular weight is 369 g/mol. The van der Waals surface area contributed by atoms with Gasteiger partial charge in [0.2, 0.25) is 0 Å². The number of nitrogen functional groups attached to an aromatic ring is 1. The lowest BCUT2D eigenvalue weighted by Gasteiger charge is -2.27. The van der Waals surface area contributed by atoms with Crippen molar-refractivity contribution < 1.29 is 18.3 Å². The van der Waals surface area contributed by atoms with E-state index in [4.69, 9.17) is 5.73 Å². The van der Waals surface area contributed by atoms with E-state index in [9.17, 15) is 18.3 Å². The van der Waals surface area contributed by atoms with Crippen molar-refractivity contribution in [2.75, 3.05) is 12.3 Å². The van der Waals surface area contributed by atoms with Crippen LogP contribution in [0, 0.1) is 5.92 Å². The van der Waals surface area contributed by atoms with E-state index < -0.39 is 23.7 Å². The van der Waals surface area contributed by atoms with Crippen LogP contribution in [0.1, 0.15) is 50.7 Å². The van der Waals surface area contributed by atoms with Gasteiger partial charge in [0, 0.05) is 24.6 Å². The molecule has 0 aliphatic heterocycles. The summed E-state index contributed by atoms with van der Waals surface area (Å²) in [6.45, 7) is 8.48. The maximum Gasteiger partial charge on any atom is 0.419 e. The number of aliphatic hydroxyl groups excluding tert-OH is 1. The lowest BCUT2D eigenvalue weighted by molar-refractivity contribution is -0.137. The van der Waals surface area contributed by atoms with Gasteiger partial charge in [0.15, 0.2) is 0 Å². The zero-order chi connectivity index (χ0) is 19.5. The van der Waals surface area contributed by atoms with Crippen LogP contribution in [0.15, 0.2) is 30.7 Å². The molecular formula is C19H26F3N3O. The molecule has 1 heterocycles. The zero-order valence-corrected chi connectivity index (χ0v) is 15.2. The first-order chi connectivity index (χ1) is 12.2. The molecular weight excluding hydrogens is 343 g/mol. The molecule has 1 fully saturated rings. The summed E-state index contributed by atoms with van der Waals surface area (Å²) >= 11 is 0. The van der Waals surface area contributed by atoms with Crippen molar-refractivity contribution in [3.05, 3.63) is 41.9 Å². The third-order valence-corrected chi connectivity index (χ3v) is 4.53. The maximum atomic E-state index is 13.1. The summed E-state index contributed by atoms with van der Waals surface area (Å²) in [4.78, 5) is 5.55. The summed E-state index contributed by atoms with van der Waals surface area (Å²) in [7, 11) is 0. The summed E-state index contributed by atoms with van der Waals surface area (Å²) in [5.74, 6) is -0.300. The third kappa shape index (κ3) is 4.78. The number of allylic oxidation sites excluding steroid dienone is 1. The summed E-state index contributed by atoms with van der Waals surface area (Å²) in [6.07, 6.45) is 1.22. The van der Waals surface area contributed by atoms with Crippen LogP contribution in [0.2, 0.25) is 0 Å². The SMILES string of the molecule is C=C(C(O)C1CC1)N(/C=C(\CC)c1cnc(N)c(C(F)(F)F)c1)CCC. The first kappa shape index (κ1) is 20.3. The molecule has 0 bridgehead atoms. The summed E-state index contributed by atoms with van der Waals surface area (Å²) in [5, 5.41) is 10.3. The van der Waals surface area contributed by atoms with Crippen molar-refractivity contribution >= 4 is 11.4 Å². The van der Waals surface area contributed by atoms with Crippen LogP contribution in [0.4, 0.5) is 19.0 Å². The summed E-state index contributed by atoms with van der Waals surface area (Å²) in [5.41, 5.74) is 6.08. The van der Waals surface area contributed by atoms with E-state index in [1.165, 1.54) is 6.20 Å². The van der Waals surface area contributed by atoms with Gasteiger partial charge in [-0.1, -0.05) is 20.4 Å². The lowest BCUT2D eigenvalue weighted by Crippen LogP contribution is -2.27. The molecule has 26 heavy (non-hydrogen) atoms. The van der Waals surface area contributed by atoms with E-state index in [1.54, 1.807) is 6.20 Å². The molecule has 0 radical (unpaired) electrons. The van der Waals surface area contributed by atoms with E-state index >= 15 is 0 Å². The second kappa shape index (κ2) is 8.12. The highest BCUT2D eigenvalue weighted by Gasteiger charge is 2.35. The molecule has 3 N–H and O–H groups in total. The monoisotopic (exact) mass is 369 g/mol. The van der Waals surface area contributed by atoms with Gasteiger partial charge in [0.25, 0.3) is 0 Å². The standard InChI is InChI=1S/C19H26F3N3O/c1-4-8-25(12(3)17(26)14-6-7-14)11-13(5-2)15-9-16(19(20,21)22)18(23)24-10-15/h9-11,14,17,26H,3-8H2,1-2H3,(H2,23,24)/b13-11+. The molecule has 1 aliphatic carbocycles. The molecule has 0 amide bonds. The number of hydrogen-bond donors (Lipinski definition) is 2. The van der Waals surface area contributed by atoms with E-state index in [2.05, 4.69) is 11.6 Å². The first-order valence-electron chi connectivity index (χ1n) is 8.86. The van der Waals surface area contributed by atoms with Gasteiger partial charge in [-0.3, -0.25) is 0 Å². The molecule has 2 rings (SSSR count). The second-order valence-corrected chi connectivity index (χ2v) is 6.63. The van der Waals surface area contributed by atoms with Crippen molar-refractivity contribution in [2.24, 2.45) is 5.92 Å². The maximum absolute atomic E-state index is 13.1. The van der Waals surface area contributed by atoms with Crippen LogP contribution < -0.4 is 5.73 Å². The Morgan fingerprint density at radius 1 is 1.46 bits per heavy atom. The van der Waals surface area contributed by atoms with Crippen molar-refractivity contribution in [3.63, 3.8) is 0 Å². The molecule has 0 spiro atoms. The Kier molecular flexibility index (Phi) is 6.34. The molecule has 1 aromatic rings. The predicted molar refractivity (Wildman–Crippen MR) is 96.8 cm³/mol. The van der Waals surface area contributed by atoms with Crippen LogP contribution in [0.3, 0.4) is 0 Å². The first-order valence-corrected chi connectivity index (χ1v) is 8.86. The highest BCUT2D eigenvalue weighted by atomic mass is 19.4. The van der Waals surface area contributed by atoms with Gasteiger partial charge in [-0.15, -0.1) is 0 Å². The number of nitrogens with zero attached hydrogens (tertiary/aromatic N) is 2. The fourth-order valence-electron chi connectivity index (χ4n) is 2.82. The van der Waals surface area contributed by atoms with Crippen LogP contribution in [-0.4, -0.2) is 27.6 Å². The Balaban J connectivity index is 2.36. The molecule has 1 aromatic heterocycles. The van der Waals surface area contributed by atoms with Gasteiger partial charge in [0.1, 0.15) is 5.82 Å². The Bertz CT molecular complexity index is 681. The van der Waals surface area contributed by atoms with Crippen LogP contribution in [-0.2, 0) is 6.18 Å². The molecule has 0 aromatic carbocycles. The van der Waals surface area contributed by atoms with Gasteiger partial charge in [-0.25, -0.2) is 4.98 Å². The number of halogens is 3. The molecule has 1 unspecified atom stereocenters. The Labute approximate surface area is 152 Å². The van der Waals surface area contributed by atoms with Gasteiger partial charge in [0.05, 0.1) is 11.7 Å². The van der Waals surface area contributed by atoms with E-state index in [0.29, 0.717) is 29.8 Å². The number of rotatable bonds is 8. The number of pyridine rings is 1. The topological polar surface area (TPSA) is 62.4 Å². The Morgan fingerprint density at radius 2 is 2.12 bits per heavy atom. The number of aromatic nitrogens is 1. The predicted octanol–water partition coefficient (Wildman–Crippen LogP) is 4.43. The van der Waals surface area contributed by atoms with Gasteiger partial charge < -0.3 is 15.7 Å². The summed E-state index contributed by atoms with van der Waals surface area (Å²) in [6, 6.07) is 1.03. The molecule has 0 saturated heterocycles. The third-order valence-electron chi connectivity index (χ3n) is 4.53. The fraction of sp³-hybridized carbons (Fsp3) is 0.526. The van der Waals surface area contributed by atoms with Crippen molar-refractivity contribution in [3.8, 4) is 0 Å². The van der Waals surface area contributed by atoms with E-state index in [1.807, 2.05) is 18.7 Å². The van der Waals surface area contributed by atoms with Crippen LogP contribution in [0.5, 0.6) is 0 Å². The van der Waals surface area contributed by atoms with Gasteiger partial charge in [-0.2, -0.15) is 13.2 Å². The van der Waals surface area contributed by atoms with Gasteiger partial charge >= 0.3 is 6.18 Å². The van der Waals surface area contributed by atoms with Crippen molar-refractivity contribution in [2.45, 2.75) is 51.8 Å². The quantitative estimate of drug-likeness (QED) is 0.712. The van der Waals surface area contributed by atoms with Crippen molar-refractivity contribution in [1.82, 2.24) is 9.88 Å². The average Bonchev–Trinajstić information content (AvgIpc) is 3.42.